The molecule has 0 bridgehead atoms. The zero-order chi connectivity index (χ0) is 27.2. The number of rotatable bonds is 7. The lowest BCUT2D eigenvalue weighted by Crippen LogP contribution is -2.39. The first-order valence-corrected chi connectivity index (χ1v) is 13.0. The number of anilines is 2. The van der Waals surface area contributed by atoms with E-state index in [1.807, 2.05) is 0 Å². The number of hydrogen-bond acceptors (Lipinski definition) is 6. The van der Waals surface area contributed by atoms with Gasteiger partial charge in [-0.2, -0.15) is 5.26 Å². The van der Waals surface area contributed by atoms with Crippen molar-refractivity contribution < 1.29 is 4.39 Å². The van der Waals surface area contributed by atoms with Crippen molar-refractivity contribution in [2.75, 3.05) is 17.2 Å². The lowest BCUT2D eigenvalue weighted by molar-refractivity contribution is 0.443. The smallest absolute Gasteiger partial charge is 0.129 e. The molecular weight excluding hydrogens is 523 g/mol. The largest absolute Gasteiger partial charge is 0.383 e. The molecule has 0 aliphatic heterocycles. The summed E-state index contributed by atoms with van der Waals surface area (Å²) in [5.41, 5.74) is 0.524. The van der Waals surface area contributed by atoms with E-state index in [1.54, 1.807) is 29.1 Å². The zero-order valence-corrected chi connectivity index (χ0v) is 22.7. The molecule has 2 radical (unpaired) electrons. The first-order valence-electron chi connectivity index (χ1n) is 12.2. The maximum Gasteiger partial charge on any atom is 0.129 e. The van der Waals surface area contributed by atoms with Gasteiger partial charge in [-0.1, -0.05) is 55.3 Å². The minimum Gasteiger partial charge on any atom is -0.383 e. The van der Waals surface area contributed by atoms with Gasteiger partial charge in [0.15, 0.2) is 0 Å². The second-order valence-electron chi connectivity index (χ2n) is 10.8. The molecule has 2 aromatic heterocycles. The van der Waals surface area contributed by atoms with Crippen molar-refractivity contribution in [1.82, 2.24) is 20.0 Å². The highest BCUT2D eigenvalue weighted by atomic mass is 35.5. The normalized spacial score (nSPS) is 15.2. The van der Waals surface area contributed by atoms with Gasteiger partial charge in [0.2, 0.25) is 0 Å². The summed E-state index contributed by atoms with van der Waals surface area (Å²) in [6, 6.07) is 10.2. The molecule has 0 amide bonds. The van der Waals surface area contributed by atoms with Crippen LogP contribution in [0.4, 0.5) is 15.8 Å². The fourth-order valence-corrected chi connectivity index (χ4v) is 4.87. The Bertz CT molecular complexity index is 1550. The van der Waals surface area contributed by atoms with Gasteiger partial charge in [0.05, 0.1) is 39.5 Å². The number of hydrogen-bond donors (Lipinski definition) is 2. The van der Waals surface area contributed by atoms with Crippen LogP contribution in [0.15, 0.2) is 42.7 Å². The van der Waals surface area contributed by atoms with E-state index in [0.717, 1.165) is 12.8 Å². The standard InChI is InChI=1S/C27H25BCl2FN7/c1-26(2,3)14-34-24-15(11-32)12-33-25-18(24)9-16(10-20(25)30)35-27(28,23-19(29)5-4-6-21(23)31)22-13-38(37-36-22)17-7-8-17/h4-6,9-10,12-13,17,35H,7-8,14H2,1-3H3,(H,33,34). The Hall–Kier alpha value is -3.35. The number of halogens is 3. The second-order valence-corrected chi connectivity index (χ2v) is 11.6. The van der Waals surface area contributed by atoms with Gasteiger partial charge in [-0.25, -0.2) is 9.07 Å². The van der Waals surface area contributed by atoms with Crippen LogP contribution < -0.4 is 10.6 Å². The van der Waals surface area contributed by atoms with Gasteiger partial charge in [0.25, 0.3) is 0 Å². The van der Waals surface area contributed by atoms with Crippen LogP contribution in [0.25, 0.3) is 10.9 Å². The summed E-state index contributed by atoms with van der Waals surface area (Å²) in [4.78, 5) is 4.41. The summed E-state index contributed by atoms with van der Waals surface area (Å²) >= 11 is 13.2. The Kier molecular flexibility index (Phi) is 6.74. The Morgan fingerprint density at radius 2 is 1.97 bits per heavy atom. The van der Waals surface area contributed by atoms with E-state index < -0.39 is 11.3 Å². The Morgan fingerprint density at radius 3 is 2.63 bits per heavy atom. The van der Waals surface area contributed by atoms with Crippen LogP contribution in [0.3, 0.4) is 0 Å². The lowest BCUT2D eigenvalue weighted by atomic mass is 9.69. The topological polar surface area (TPSA) is 91.5 Å². The summed E-state index contributed by atoms with van der Waals surface area (Å²) in [6.45, 7) is 6.87. The SMILES string of the molecule is [B]C(Nc1cc(Cl)c2ncc(C#N)c(NCC(C)(C)C)c2c1)(c1cn(C2CC2)nn1)c1c(F)cccc1Cl. The molecular formula is C27H25BCl2FN7. The van der Waals surface area contributed by atoms with Crippen molar-refractivity contribution >= 4 is 53.3 Å². The molecule has 1 aliphatic rings. The fraction of sp³-hybridized carbons (Fsp3) is 0.333. The highest BCUT2D eigenvalue weighted by Gasteiger charge is 2.37. The molecule has 1 aliphatic carbocycles. The minimum atomic E-state index is -1.69. The van der Waals surface area contributed by atoms with Gasteiger partial charge in [0.1, 0.15) is 25.4 Å². The third-order valence-electron chi connectivity index (χ3n) is 6.37. The van der Waals surface area contributed by atoms with Gasteiger partial charge in [-0.05, 0) is 42.5 Å². The number of benzene rings is 2. The van der Waals surface area contributed by atoms with Gasteiger partial charge in [-0.15, -0.1) is 5.10 Å². The summed E-state index contributed by atoms with van der Waals surface area (Å²) in [5, 5.41) is 26.0. The minimum absolute atomic E-state index is 0.0238. The van der Waals surface area contributed by atoms with E-state index in [1.165, 1.54) is 18.3 Å². The molecule has 2 aromatic carbocycles. The van der Waals surface area contributed by atoms with Crippen molar-refractivity contribution in [3.05, 3.63) is 75.4 Å². The molecule has 5 rings (SSSR count). The number of nitrogens with zero attached hydrogens (tertiary/aromatic N) is 5. The lowest BCUT2D eigenvalue weighted by Gasteiger charge is -2.32. The van der Waals surface area contributed by atoms with Gasteiger partial charge >= 0.3 is 0 Å². The molecule has 2 heterocycles. The van der Waals surface area contributed by atoms with Crippen LogP contribution in [-0.2, 0) is 5.44 Å². The van der Waals surface area contributed by atoms with Gasteiger partial charge in [0, 0.05) is 34.4 Å². The molecule has 11 heteroatoms. The predicted molar refractivity (Wildman–Crippen MR) is 149 cm³/mol. The zero-order valence-electron chi connectivity index (χ0n) is 21.2. The van der Waals surface area contributed by atoms with E-state index in [4.69, 9.17) is 31.0 Å². The van der Waals surface area contributed by atoms with E-state index in [9.17, 15) is 5.26 Å². The van der Waals surface area contributed by atoms with Crippen molar-refractivity contribution in [2.45, 2.75) is 45.1 Å². The number of nitriles is 1. The molecule has 1 fully saturated rings. The van der Waals surface area contributed by atoms with Crippen LogP contribution in [-0.4, -0.2) is 34.4 Å². The molecule has 0 saturated heterocycles. The molecule has 0 spiro atoms. The van der Waals surface area contributed by atoms with E-state index in [2.05, 4.69) is 52.8 Å². The van der Waals surface area contributed by atoms with Crippen LogP contribution in [0.2, 0.25) is 10.0 Å². The summed E-state index contributed by atoms with van der Waals surface area (Å²) in [5.74, 6) is -0.596. The molecule has 2 N–H and O–H groups in total. The van der Waals surface area contributed by atoms with Crippen LogP contribution in [0, 0.1) is 22.6 Å². The molecule has 1 atom stereocenters. The highest BCUT2D eigenvalue weighted by molar-refractivity contribution is 6.36. The number of aromatic nitrogens is 4. The van der Waals surface area contributed by atoms with E-state index in [-0.39, 0.29) is 22.0 Å². The average Bonchev–Trinajstić information content (AvgIpc) is 3.57. The second kappa shape index (κ2) is 9.75. The van der Waals surface area contributed by atoms with E-state index >= 15 is 4.39 Å². The van der Waals surface area contributed by atoms with Crippen LogP contribution in [0.5, 0.6) is 0 Å². The van der Waals surface area contributed by atoms with E-state index in [0.29, 0.717) is 45.1 Å². The monoisotopic (exact) mass is 547 g/mol. The van der Waals surface area contributed by atoms with Crippen LogP contribution in [0.1, 0.15) is 56.5 Å². The molecule has 38 heavy (non-hydrogen) atoms. The molecule has 192 valence electrons. The Labute approximate surface area is 231 Å². The number of fused-ring (bicyclic) bond motifs is 1. The van der Waals surface area contributed by atoms with Crippen molar-refractivity contribution in [3.63, 3.8) is 0 Å². The molecule has 7 nitrogen and oxygen atoms in total. The Balaban J connectivity index is 1.66. The third kappa shape index (κ3) is 5.03. The van der Waals surface area contributed by atoms with Crippen molar-refractivity contribution in [3.8, 4) is 6.07 Å². The van der Waals surface area contributed by atoms with Crippen molar-refractivity contribution in [1.29, 1.82) is 5.26 Å². The first kappa shape index (κ1) is 26.3. The third-order valence-corrected chi connectivity index (χ3v) is 6.98. The maximum absolute atomic E-state index is 15.3. The average molecular weight is 548 g/mol. The number of pyridine rings is 1. The molecule has 4 aromatic rings. The maximum atomic E-state index is 15.3. The van der Waals surface area contributed by atoms with Crippen LogP contribution >= 0.6 is 23.2 Å². The summed E-state index contributed by atoms with van der Waals surface area (Å²) in [6.07, 6.45) is 5.19. The molecule has 1 unspecified atom stereocenters. The van der Waals surface area contributed by atoms with Gasteiger partial charge in [-0.3, -0.25) is 4.98 Å². The number of nitrogens with one attached hydrogen (secondary N) is 2. The predicted octanol–water partition coefficient (Wildman–Crippen LogP) is 6.42. The Morgan fingerprint density at radius 1 is 1.21 bits per heavy atom. The first-order chi connectivity index (χ1) is 18.0. The van der Waals surface area contributed by atoms with Gasteiger partial charge < -0.3 is 10.6 Å². The quantitative estimate of drug-likeness (QED) is 0.259. The fourth-order valence-electron chi connectivity index (χ4n) is 4.29. The highest BCUT2D eigenvalue weighted by Crippen LogP contribution is 2.40. The molecule has 1 saturated carbocycles. The van der Waals surface area contributed by atoms with Crippen molar-refractivity contribution in [2.24, 2.45) is 5.41 Å². The summed E-state index contributed by atoms with van der Waals surface area (Å²) in [7, 11) is 6.93. The summed E-state index contributed by atoms with van der Waals surface area (Å²) < 4.78 is 17.0.